The van der Waals surface area contributed by atoms with Crippen molar-refractivity contribution in [3.63, 3.8) is 0 Å². The summed E-state index contributed by atoms with van der Waals surface area (Å²) in [5, 5.41) is 23.9. The van der Waals surface area contributed by atoms with Gasteiger partial charge in [-0.1, -0.05) is 12.1 Å². The van der Waals surface area contributed by atoms with Crippen molar-refractivity contribution in [2.24, 2.45) is 0 Å². The third kappa shape index (κ3) is 4.58. The second kappa shape index (κ2) is 7.79. The number of phenolic OH excluding ortho intramolecular Hbond substituents is 1. The zero-order valence-corrected chi connectivity index (χ0v) is 13.0. The van der Waals surface area contributed by atoms with E-state index in [0.717, 1.165) is 0 Å². The van der Waals surface area contributed by atoms with Crippen LogP contribution in [0.2, 0.25) is 0 Å². The molecule has 0 aliphatic heterocycles. The van der Waals surface area contributed by atoms with Crippen molar-refractivity contribution in [2.75, 3.05) is 5.32 Å². The van der Waals surface area contributed by atoms with E-state index in [2.05, 4.69) is 10.6 Å². The van der Waals surface area contributed by atoms with Gasteiger partial charge in [0.2, 0.25) is 0 Å². The molecule has 122 valence electrons. The second-order valence-corrected chi connectivity index (χ2v) is 5.13. The Morgan fingerprint density at radius 3 is 2.79 bits per heavy atom. The Hall–Kier alpha value is -3.33. The second-order valence-electron chi connectivity index (χ2n) is 5.13. The van der Waals surface area contributed by atoms with E-state index in [1.165, 1.54) is 30.5 Å². The maximum Gasteiger partial charge on any atom is 0.267 e. The van der Waals surface area contributed by atoms with Crippen LogP contribution in [-0.2, 0) is 11.3 Å². The lowest BCUT2D eigenvalue weighted by Gasteiger charge is -2.08. The Labute approximate surface area is 139 Å². The minimum Gasteiger partial charge on any atom is -0.508 e. The number of halogens is 1. The van der Waals surface area contributed by atoms with Gasteiger partial charge in [-0.05, 0) is 48.4 Å². The van der Waals surface area contributed by atoms with Crippen molar-refractivity contribution in [2.45, 2.75) is 13.5 Å². The maximum atomic E-state index is 13.1. The van der Waals surface area contributed by atoms with E-state index >= 15 is 0 Å². The topological polar surface area (TPSA) is 85.2 Å². The van der Waals surface area contributed by atoms with Crippen molar-refractivity contribution in [1.82, 2.24) is 5.32 Å². The number of carbonyl (C=O) groups is 1. The Morgan fingerprint density at radius 1 is 1.33 bits per heavy atom. The van der Waals surface area contributed by atoms with Crippen LogP contribution in [0.3, 0.4) is 0 Å². The highest BCUT2D eigenvalue weighted by molar-refractivity contribution is 6.06. The molecule has 0 bridgehead atoms. The number of aromatic hydroxyl groups is 1. The first-order valence-electron chi connectivity index (χ1n) is 7.18. The molecule has 1 amide bonds. The molecular formula is C18H16FN3O2. The quantitative estimate of drug-likeness (QED) is 0.448. The molecule has 24 heavy (non-hydrogen) atoms. The molecule has 0 radical (unpaired) electrons. The number of hydrogen-bond acceptors (Lipinski definition) is 4. The van der Waals surface area contributed by atoms with E-state index in [0.29, 0.717) is 16.8 Å². The number of hydrogen-bond donors (Lipinski definition) is 3. The SMILES string of the molecule is Cc1cc(O)ccc1NC(=O)/C(C#N)=C\NCc1cccc(F)c1. The molecule has 2 aromatic carbocycles. The molecule has 5 nitrogen and oxygen atoms in total. The summed E-state index contributed by atoms with van der Waals surface area (Å²) < 4.78 is 13.1. The molecule has 2 rings (SSSR count). The van der Waals surface area contributed by atoms with Gasteiger partial charge in [0.15, 0.2) is 0 Å². The average Bonchev–Trinajstić information content (AvgIpc) is 2.54. The molecule has 0 aromatic heterocycles. The van der Waals surface area contributed by atoms with Gasteiger partial charge < -0.3 is 15.7 Å². The molecule has 0 unspecified atom stereocenters. The lowest BCUT2D eigenvalue weighted by atomic mass is 10.1. The number of benzene rings is 2. The number of aryl methyl sites for hydroxylation is 1. The van der Waals surface area contributed by atoms with Crippen LogP contribution in [0.5, 0.6) is 5.75 Å². The Bertz CT molecular complexity index is 825. The van der Waals surface area contributed by atoms with E-state index in [9.17, 15) is 14.3 Å². The number of nitriles is 1. The van der Waals surface area contributed by atoms with Gasteiger partial charge in [-0.2, -0.15) is 5.26 Å². The van der Waals surface area contributed by atoms with Crippen molar-refractivity contribution >= 4 is 11.6 Å². The fourth-order valence-corrected chi connectivity index (χ4v) is 2.04. The summed E-state index contributed by atoms with van der Waals surface area (Å²) in [4.78, 5) is 12.1. The van der Waals surface area contributed by atoms with Crippen LogP contribution in [-0.4, -0.2) is 11.0 Å². The Kier molecular flexibility index (Phi) is 5.53. The van der Waals surface area contributed by atoms with Crippen LogP contribution in [0.15, 0.2) is 54.2 Å². The maximum absolute atomic E-state index is 13.1. The van der Waals surface area contributed by atoms with Gasteiger partial charge in [0.05, 0.1) is 0 Å². The minimum absolute atomic E-state index is 0.0957. The van der Waals surface area contributed by atoms with Crippen LogP contribution in [0.1, 0.15) is 11.1 Å². The average molecular weight is 325 g/mol. The number of anilines is 1. The highest BCUT2D eigenvalue weighted by Crippen LogP contribution is 2.20. The lowest BCUT2D eigenvalue weighted by Crippen LogP contribution is -2.17. The van der Waals surface area contributed by atoms with Gasteiger partial charge >= 0.3 is 0 Å². The van der Waals surface area contributed by atoms with Gasteiger partial charge in [-0.3, -0.25) is 4.79 Å². The summed E-state index contributed by atoms with van der Waals surface area (Å²) in [5.41, 5.74) is 1.76. The zero-order chi connectivity index (χ0) is 17.5. The van der Waals surface area contributed by atoms with Gasteiger partial charge in [-0.25, -0.2) is 4.39 Å². The standard InChI is InChI=1S/C18H16FN3O2/c1-12-7-16(23)5-6-17(12)22-18(24)14(9-20)11-21-10-13-3-2-4-15(19)8-13/h2-8,11,21,23H,10H2,1H3,(H,22,24)/b14-11-. The number of carbonyl (C=O) groups excluding carboxylic acids is 1. The monoisotopic (exact) mass is 325 g/mol. The summed E-state index contributed by atoms with van der Waals surface area (Å²) in [6.45, 7) is 2.02. The minimum atomic E-state index is -0.571. The van der Waals surface area contributed by atoms with E-state index in [1.54, 1.807) is 25.1 Å². The van der Waals surface area contributed by atoms with Crippen LogP contribution >= 0.6 is 0 Å². The van der Waals surface area contributed by atoms with E-state index < -0.39 is 5.91 Å². The van der Waals surface area contributed by atoms with E-state index in [-0.39, 0.29) is 23.7 Å². The molecule has 0 heterocycles. The Morgan fingerprint density at radius 2 is 2.12 bits per heavy atom. The summed E-state index contributed by atoms with van der Waals surface area (Å²) >= 11 is 0. The van der Waals surface area contributed by atoms with Crippen molar-refractivity contribution in [3.8, 4) is 11.8 Å². The van der Waals surface area contributed by atoms with Crippen molar-refractivity contribution < 1.29 is 14.3 Å². The molecule has 0 aliphatic rings. The van der Waals surface area contributed by atoms with Gasteiger partial charge in [0.1, 0.15) is 23.2 Å². The smallest absolute Gasteiger partial charge is 0.267 e. The van der Waals surface area contributed by atoms with Crippen LogP contribution in [0.4, 0.5) is 10.1 Å². The van der Waals surface area contributed by atoms with Gasteiger partial charge in [0.25, 0.3) is 5.91 Å². The highest BCUT2D eigenvalue weighted by Gasteiger charge is 2.10. The van der Waals surface area contributed by atoms with Crippen LogP contribution in [0.25, 0.3) is 0 Å². The molecule has 3 N–H and O–H groups in total. The molecule has 0 spiro atoms. The molecule has 2 aromatic rings. The number of phenols is 1. The highest BCUT2D eigenvalue weighted by atomic mass is 19.1. The molecule has 0 fully saturated rings. The van der Waals surface area contributed by atoms with Gasteiger partial charge in [0, 0.05) is 18.4 Å². The third-order valence-corrected chi connectivity index (χ3v) is 3.26. The first-order valence-corrected chi connectivity index (χ1v) is 7.18. The summed E-state index contributed by atoms with van der Waals surface area (Å²) in [7, 11) is 0. The summed E-state index contributed by atoms with van der Waals surface area (Å²) in [6, 6.07) is 12.3. The number of rotatable bonds is 5. The van der Waals surface area contributed by atoms with Gasteiger partial charge in [-0.15, -0.1) is 0 Å². The van der Waals surface area contributed by atoms with Crippen molar-refractivity contribution in [1.29, 1.82) is 5.26 Å². The zero-order valence-electron chi connectivity index (χ0n) is 13.0. The van der Waals surface area contributed by atoms with Crippen molar-refractivity contribution in [3.05, 3.63) is 71.2 Å². The predicted molar refractivity (Wildman–Crippen MR) is 88.4 cm³/mol. The predicted octanol–water partition coefficient (Wildman–Crippen LogP) is 2.98. The first kappa shape index (κ1) is 17.0. The number of amides is 1. The van der Waals surface area contributed by atoms with Crippen LogP contribution in [0, 0.1) is 24.1 Å². The number of nitrogens with zero attached hydrogens (tertiary/aromatic N) is 1. The van der Waals surface area contributed by atoms with E-state index in [1.807, 2.05) is 6.07 Å². The summed E-state index contributed by atoms with van der Waals surface area (Å²) in [6.07, 6.45) is 1.29. The summed E-state index contributed by atoms with van der Waals surface area (Å²) in [5.74, 6) is -0.823. The first-order chi connectivity index (χ1) is 11.5. The lowest BCUT2D eigenvalue weighted by molar-refractivity contribution is -0.112. The molecule has 0 atom stereocenters. The largest absolute Gasteiger partial charge is 0.508 e. The van der Waals surface area contributed by atoms with E-state index in [4.69, 9.17) is 5.26 Å². The number of nitrogens with one attached hydrogen (secondary N) is 2. The molecule has 6 heteroatoms. The fourth-order valence-electron chi connectivity index (χ4n) is 2.04. The molecule has 0 aliphatic carbocycles. The third-order valence-electron chi connectivity index (χ3n) is 3.26. The van der Waals surface area contributed by atoms with Crippen LogP contribution < -0.4 is 10.6 Å². The molecular weight excluding hydrogens is 309 g/mol. The fraction of sp³-hybridized carbons (Fsp3) is 0.111. The molecule has 0 saturated carbocycles. The Balaban J connectivity index is 2.01. The normalized spacial score (nSPS) is 10.8. The molecule has 0 saturated heterocycles.